The minimum atomic E-state index is 0.186. The van der Waals surface area contributed by atoms with Gasteiger partial charge in [0.2, 0.25) is 0 Å². The van der Waals surface area contributed by atoms with Crippen LogP contribution in [0.25, 0.3) is 0 Å². The summed E-state index contributed by atoms with van der Waals surface area (Å²) in [6, 6.07) is 11.9. The van der Waals surface area contributed by atoms with Gasteiger partial charge in [-0.15, -0.1) is 0 Å². The molecule has 0 bridgehead atoms. The maximum Gasteiger partial charge on any atom is 0.169 e. The molecule has 0 spiro atoms. The number of carbonyl (C=O) groups is 1. The highest BCUT2D eigenvalue weighted by Gasteiger charge is 2.20. The lowest BCUT2D eigenvalue weighted by Crippen LogP contribution is -2.04. The van der Waals surface area contributed by atoms with E-state index in [-0.39, 0.29) is 5.78 Å². The molecule has 0 aliphatic carbocycles. The summed E-state index contributed by atoms with van der Waals surface area (Å²) in [5, 5.41) is 3.42. The second kappa shape index (κ2) is 3.98. The molecule has 0 saturated carbocycles. The summed E-state index contributed by atoms with van der Waals surface area (Å²) >= 11 is 0. The van der Waals surface area contributed by atoms with Crippen LogP contribution in [-0.4, -0.2) is 5.78 Å². The number of para-hydroxylation sites is 1. The number of anilines is 2. The van der Waals surface area contributed by atoms with E-state index in [0.717, 1.165) is 28.1 Å². The molecule has 90 valence electrons. The number of carbonyl (C=O) groups excluding carboxylic acids is 1. The van der Waals surface area contributed by atoms with Crippen LogP contribution in [0.3, 0.4) is 0 Å². The second-order valence-electron chi connectivity index (χ2n) is 4.81. The Morgan fingerprint density at radius 2 is 1.83 bits per heavy atom. The van der Waals surface area contributed by atoms with Crippen molar-refractivity contribution < 1.29 is 4.79 Å². The third kappa shape index (κ3) is 1.61. The monoisotopic (exact) mass is 237 g/mol. The lowest BCUT2D eigenvalue weighted by molar-refractivity contribution is 0.0994. The Kier molecular flexibility index (Phi) is 2.44. The Hall–Kier alpha value is -2.09. The van der Waals surface area contributed by atoms with Gasteiger partial charge in [0, 0.05) is 17.7 Å². The largest absolute Gasteiger partial charge is 0.354 e. The van der Waals surface area contributed by atoms with Crippen LogP contribution in [0, 0.1) is 13.8 Å². The van der Waals surface area contributed by atoms with Crippen molar-refractivity contribution in [3.63, 3.8) is 0 Å². The van der Waals surface area contributed by atoms with Crippen LogP contribution >= 0.6 is 0 Å². The van der Waals surface area contributed by atoms with Crippen molar-refractivity contribution in [2.24, 2.45) is 0 Å². The number of hydrogen-bond donors (Lipinski definition) is 1. The molecule has 1 aliphatic rings. The quantitative estimate of drug-likeness (QED) is 0.755. The molecule has 1 heterocycles. The number of benzene rings is 2. The molecule has 18 heavy (non-hydrogen) atoms. The molecule has 2 aromatic carbocycles. The third-order valence-electron chi connectivity index (χ3n) is 3.66. The summed E-state index contributed by atoms with van der Waals surface area (Å²) in [4.78, 5) is 12.3. The Bertz CT molecular complexity index is 644. The number of nitrogens with one attached hydrogen (secondary N) is 1. The molecule has 3 rings (SSSR count). The highest BCUT2D eigenvalue weighted by atomic mass is 16.1. The number of fused-ring (bicyclic) bond motifs is 2. The van der Waals surface area contributed by atoms with Crippen molar-refractivity contribution >= 4 is 17.2 Å². The second-order valence-corrected chi connectivity index (χ2v) is 4.81. The van der Waals surface area contributed by atoms with Crippen LogP contribution in [0.1, 0.15) is 27.0 Å². The van der Waals surface area contributed by atoms with Crippen LogP contribution in [0.2, 0.25) is 0 Å². The van der Waals surface area contributed by atoms with Crippen molar-refractivity contribution in [1.82, 2.24) is 0 Å². The van der Waals surface area contributed by atoms with Crippen molar-refractivity contribution in [3.05, 3.63) is 58.7 Å². The van der Waals surface area contributed by atoms with Gasteiger partial charge in [-0.1, -0.05) is 24.3 Å². The molecule has 0 atom stereocenters. The minimum absolute atomic E-state index is 0.186. The first-order valence-electron chi connectivity index (χ1n) is 6.15. The summed E-state index contributed by atoms with van der Waals surface area (Å²) < 4.78 is 0. The summed E-state index contributed by atoms with van der Waals surface area (Å²) in [6.45, 7) is 4.13. The fourth-order valence-electron chi connectivity index (χ4n) is 2.41. The highest BCUT2D eigenvalue weighted by Crippen LogP contribution is 2.33. The van der Waals surface area contributed by atoms with Crippen molar-refractivity contribution in [3.8, 4) is 0 Å². The van der Waals surface area contributed by atoms with Crippen LogP contribution in [0.15, 0.2) is 36.4 Å². The van der Waals surface area contributed by atoms with E-state index in [9.17, 15) is 4.79 Å². The number of Topliss-reactive ketones (excluding diaryl/α,β-unsaturated/α-hetero) is 1. The number of hydrogen-bond acceptors (Lipinski definition) is 2. The van der Waals surface area contributed by atoms with E-state index in [1.165, 1.54) is 5.56 Å². The van der Waals surface area contributed by atoms with Crippen LogP contribution in [0.4, 0.5) is 11.4 Å². The molecule has 0 aromatic heterocycles. The Labute approximate surface area is 107 Å². The number of ketones is 1. The van der Waals surface area contributed by atoms with Crippen molar-refractivity contribution in [1.29, 1.82) is 0 Å². The Morgan fingerprint density at radius 1 is 1.06 bits per heavy atom. The fraction of sp³-hybridized carbons (Fsp3) is 0.188. The molecule has 1 aliphatic heterocycles. The van der Waals surface area contributed by atoms with E-state index in [2.05, 4.69) is 19.2 Å². The first kappa shape index (κ1) is 11.0. The molecule has 0 amide bonds. The summed E-state index contributed by atoms with van der Waals surface area (Å²) in [5.74, 6) is 0.186. The van der Waals surface area contributed by atoms with Gasteiger partial charge >= 0.3 is 0 Å². The maximum absolute atomic E-state index is 12.3. The zero-order valence-electron chi connectivity index (χ0n) is 10.6. The van der Waals surface area contributed by atoms with Gasteiger partial charge in [-0.3, -0.25) is 4.79 Å². The predicted molar refractivity (Wildman–Crippen MR) is 73.7 cm³/mol. The smallest absolute Gasteiger partial charge is 0.169 e. The predicted octanol–water partition coefficient (Wildman–Crippen LogP) is 3.79. The minimum Gasteiger partial charge on any atom is -0.354 e. The number of rotatable bonds is 0. The zero-order valence-corrected chi connectivity index (χ0v) is 10.6. The average molecular weight is 237 g/mol. The molecule has 0 radical (unpaired) electrons. The summed E-state index contributed by atoms with van der Waals surface area (Å²) in [5.41, 5.74) is 6.22. The van der Waals surface area contributed by atoms with Gasteiger partial charge in [0.15, 0.2) is 5.78 Å². The van der Waals surface area contributed by atoms with Gasteiger partial charge in [-0.05, 0) is 42.7 Å². The Morgan fingerprint density at radius 3 is 2.67 bits per heavy atom. The topological polar surface area (TPSA) is 29.1 Å². The molecule has 2 aromatic rings. The third-order valence-corrected chi connectivity index (χ3v) is 3.66. The van der Waals surface area contributed by atoms with Gasteiger partial charge in [0.1, 0.15) is 0 Å². The maximum atomic E-state index is 12.3. The first-order chi connectivity index (χ1) is 8.66. The van der Waals surface area contributed by atoms with E-state index >= 15 is 0 Å². The summed E-state index contributed by atoms with van der Waals surface area (Å²) in [6.07, 6.45) is 0.471. The fourth-order valence-corrected chi connectivity index (χ4v) is 2.41. The zero-order chi connectivity index (χ0) is 12.7. The van der Waals surface area contributed by atoms with E-state index < -0.39 is 0 Å². The molecule has 2 heteroatoms. The average Bonchev–Trinajstić information content (AvgIpc) is 2.50. The lowest BCUT2D eigenvalue weighted by Gasteiger charge is -2.13. The Balaban J connectivity index is 2.24. The molecular weight excluding hydrogens is 222 g/mol. The molecule has 0 unspecified atom stereocenters. The molecule has 1 N–H and O–H groups in total. The van der Waals surface area contributed by atoms with E-state index in [4.69, 9.17) is 0 Å². The van der Waals surface area contributed by atoms with Crippen LogP contribution in [-0.2, 0) is 6.42 Å². The van der Waals surface area contributed by atoms with Gasteiger partial charge in [0.05, 0.1) is 5.69 Å². The SMILES string of the molecule is Cc1ccc2c(c1C)Nc1ccccc1CC2=O. The lowest BCUT2D eigenvalue weighted by atomic mass is 9.98. The normalized spacial score (nSPS) is 13.3. The highest BCUT2D eigenvalue weighted by molar-refractivity contribution is 6.06. The summed E-state index contributed by atoms with van der Waals surface area (Å²) in [7, 11) is 0. The molecule has 0 saturated heterocycles. The molecular formula is C16H15NO. The van der Waals surface area contributed by atoms with Crippen LogP contribution in [0.5, 0.6) is 0 Å². The number of aryl methyl sites for hydroxylation is 1. The van der Waals surface area contributed by atoms with E-state index in [0.29, 0.717) is 6.42 Å². The van der Waals surface area contributed by atoms with Crippen molar-refractivity contribution in [2.45, 2.75) is 20.3 Å². The van der Waals surface area contributed by atoms with Gasteiger partial charge in [-0.2, -0.15) is 0 Å². The van der Waals surface area contributed by atoms with Gasteiger partial charge < -0.3 is 5.32 Å². The van der Waals surface area contributed by atoms with Gasteiger partial charge in [0.25, 0.3) is 0 Å². The van der Waals surface area contributed by atoms with Crippen molar-refractivity contribution in [2.75, 3.05) is 5.32 Å². The van der Waals surface area contributed by atoms with E-state index in [1.54, 1.807) is 0 Å². The van der Waals surface area contributed by atoms with E-state index in [1.807, 2.05) is 36.4 Å². The standard InChI is InChI=1S/C16H15NO/c1-10-7-8-13-15(18)9-12-5-3-4-6-14(12)17-16(13)11(10)2/h3-8,17H,9H2,1-2H3. The molecule has 0 fully saturated rings. The van der Waals surface area contributed by atoms with Gasteiger partial charge in [-0.25, -0.2) is 0 Å². The first-order valence-corrected chi connectivity index (χ1v) is 6.15. The molecule has 2 nitrogen and oxygen atoms in total. The van der Waals surface area contributed by atoms with Crippen LogP contribution < -0.4 is 5.32 Å².